The van der Waals surface area contributed by atoms with E-state index in [0.717, 1.165) is 28.9 Å². The van der Waals surface area contributed by atoms with E-state index in [2.05, 4.69) is 16.9 Å². The maximum absolute atomic E-state index is 12.8. The van der Waals surface area contributed by atoms with Crippen molar-refractivity contribution < 1.29 is 8.42 Å². The Morgan fingerprint density at radius 2 is 1.43 bits per heavy atom. The van der Waals surface area contributed by atoms with Crippen molar-refractivity contribution in [2.24, 2.45) is 17.8 Å². The van der Waals surface area contributed by atoms with E-state index in [1.165, 1.54) is 44.1 Å². The van der Waals surface area contributed by atoms with Crippen LogP contribution in [0.2, 0.25) is 0 Å². The number of sulfonamides is 1. The molecule has 0 amide bonds. The highest BCUT2D eigenvalue weighted by Gasteiger charge is 2.51. The standard InChI is InChI=1S/C24H29NO2S/c1-16-3-8-23(17(2)9-16)28(26,27)25-22-6-4-21(5-7-22)24-13-18-10-19(14-24)12-20(11-18)15-24/h3-9,18-20,25H,10-15H2,1-2H3. The predicted molar refractivity (Wildman–Crippen MR) is 113 cm³/mol. The highest BCUT2D eigenvalue weighted by atomic mass is 32.2. The molecular formula is C24H29NO2S. The number of hydrogen-bond acceptors (Lipinski definition) is 2. The van der Waals surface area contributed by atoms with Gasteiger partial charge in [-0.3, -0.25) is 4.72 Å². The first kappa shape index (κ1) is 18.2. The highest BCUT2D eigenvalue weighted by molar-refractivity contribution is 7.92. The molecule has 0 radical (unpaired) electrons. The molecule has 0 saturated heterocycles. The SMILES string of the molecule is Cc1ccc(S(=O)(=O)Nc2ccc(C34CC5CC(CC(C5)C3)C4)cc2)c(C)c1. The van der Waals surface area contributed by atoms with Crippen LogP contribution in [0.1, 0.15) is 55.2 Å². The van der Waals surface area contributed by atoms with E-state index in [1.54, 1.807) is 6.07 Å². The molecule has 0 aromatic heterocycles. The molecule has 0 atom stereocenters. The Labute approximate surface area is 168 Å². The molecule has 2 aromatic rings. The van der Waals surface area contributed by atoms with Crippen LogP contribution in [0, 0.1) is 31.6 Å². The van der Waals surface area contributed by atoms with E-state index in [4.69, 9.17) is 0 Å². The average molecular weight is 396 g/mol. The fraction of sp³-hybridized carbons (Fsp3) is 0.500. The van der Waals surface area contributed by atoms with E-state index in [1.807, 2.05) is 38.1 Å². The summed E-state index contributed by atoms with van der Waals surface area (Å²) in [4.78, 5) is 0.350. The minimum atomic E-state index is -3.57. The van der Waals surface area contributed by atoms with Gasteiger partial charge in [-0.15, -0.1) is 0 Å². The third-order valence-corrected chi connectivity index (χ3v) is 8.95. The van der Waals surface area contributed by atoms with Gasteiger partial charge in [0.1, 0.15) is 0 Å². The summed E-state index contributed by atoms with van der Waals surface area (Å²) >= 11 is 0. The van der Waals surface area contributed by atoms with Crippen molar-refractivity contribution in [1.29, 1.82) is 0 Å². The first-order valence-electron chi connectivity index (χ1n) is 10.5. The van der Waals surface area contributed by atoms with Crippen molar-refractivity contribution in [2.45, 2.75) is 62.7 Å². The minimum absolute atomic E-state index is 0.347. The monoisotopic (exact) mass is 395 g/mol. The van der Waals surface area contributed by atoms with E-state index in [0.29, 0.717) is 16.0 Å². The zero-order valence-electron chi connectivity index (χ0n) is 16.7. The summed E-state index contributed by atoms with van der Waals surface area (Å²) in [5.41, 5.74) is 4.25. The van der Waals surface area contributed by atoms with Crippen LogP contribution in [0.15, 0.2) is 47.4 Å². The van der Waals surface area contributed by atoms with Gasteiger partial charge in [0, 0.05) is 5.69 Å². The van der Waals surface area contributed by atoms with E-state index < -0.39 is 10.0 Å². The second kappa shape index (κ2) is 6.35. The fourth-order valence-electron chi connectivity index (χ4n) is 6.67. The molecule has 3 nitrogen and oxygen atoms in total. The molecule has 4 aliphatic rings. The van der Waals surface area contributed by atoms with Crippen LogP contribution in [0.25, 0.3) is 0 Å². The molecule has 148 valence electrons. The fourth-order valence-corrected chi connectivity index (χ4v) is 7.95. The predicted octanol–water partition coefficient (Wildman–Crippen LogP) is 5.57. The first-order valence-corrected chi connectivity index (χ1v) is 12.0. The van der Waals surface area contributed by atoms with Crippen LogP contribution >= 0.6 is 0 Å². The number of rotatable bonds is 4. The number of nitrogens with one attached hydrogen (secondary N) is 1. The third-order valence-electron chi connectivity index (χ3n) is 7.41. The number of aryl methyl sites for hydroxylation is 2. The Kier molecular flexibility index (Phi) is 4.13. The van der Waals surface area contributed by atoms with Crippen molar-refractivity contribution in [3.8, 4) is 0 Å². The molecule has 0 heterocycles. The van der Waals surface area contributed by atoms with E-state index in [9.17, 15) is 8.42 Å². The molecule has 4 bridgehead atoms. The van der Waals surface area contributed by atoms with Gasteiger partial charge in [-0.05, 0) is 105 Å². The number of benzene rings is 2. The number of hydrogen-bond donors (Lipinski definition) is 1. The Hall–Kier alpha value is -1.81. The van der Waals surface area contributed by atoms with Crippen LogP contribution in [0.4, 0.5) is 5.69 Å². The summed E-state index contributed by atoms with van der Waals surface area (Å²) in [5.74, 6) is 2.73. The van der Waals surface area contributed by atoms with Crippen molar-refractivity contribution in [3.63, 3.8) is 0 Å². The van der Waals surface area contributed by atoms with Gasteiger partial charge in [0.05, 0.1) is 4.90 Å². The van der Waals surface area contributed by atoms with Crippen molar-refractivity contribution in [3.05, 3.63) is 59.2 Å². The molecular weight excluding hydrogens is 366 g/mol. The Balaban J connectivity index is 1.38. The maximum atomic E-state index is 12.8. The minimum Gasteiger partial charge on any atom is -0.280 e. The summed E-state index contributed by atoms with van der Waals surface area (Å²) in [6.07, 6.45) is 8.29. The molecule has 4 fully saturated rings. The van der Waals surface area contributed by atoms with Crippen LogP contribution in [-0.4, -0.2) is 8.42 Å². The first-order chi connectivity index (χ1) is 13.3. The maximum Gasteiger partial charge on any atom is 0.262 e. The molecule has 28 heavy (non-hydrogen) atoms. The van der Waals surface area contributed by atoms with E-state index >= 15 is 0 Å². The smallest absolute Gasteiger partial charge is 0.262 e. The van der Waals surface area contributed by atoms with Crippen molar-refractivity contribution in [2.75, 3.05) is 4.72 Å². The quantitative estimate of drug-likeness (QED) is 0.735. The molecule has 0 spiro atoms. The molecule has 0 unspecified atom stereocenters. The topological polar surface area (TPSA) is 46.2 Å². The largest absolute Gasteiger partial charge is 0.280 e. The summed E-state index contributed by atoms with van der Waals surface area (Å²) in [6, 6.07) is 13.7. The second-order valence-corrected chi connectivity index (χ2v) is 11.3. The summed E-state index contributed by atoms with van der Waals surface area (Å²) < 4.78 is 28.4. The van der Waals surface area contributed by atoms with Gasteiger partial charge in [0.15, 0.2) is 0 Å². The zero-order chi connectivity index (χ0) is 19.5. The van der Waals surface area contributed by atoms with Gasteiger partial charge in [-0.1, -0.05) is 29.8 Å². The Morgan fingerprint density at radius 3 is 1.96 bits per heavy atom. The number of anilines is 1. The third kappa shape index (κ3) is 3.06. The molecule has 0 aliphatic heterocycles. The summed E-state index contributed by atoms with van der Waals surface area (Å²) in [6.45, 7) is 3.82. The highest BCUT2D eigenvalue weighted by Crippen LogP contribution is 2.60. The van der Waals surface area contributed by atoms with Gasteiger partial charge >= 0.3 is 0 Å². The van der Waals surface area contributed by atoms with Gasteiger partial charge in [0.25, 0.3) is 10.0 Å². The molecule has 1 N–H and O–H groups in total. The lowest BCUT2D eigenvalue weighted by atomic mass is 9.48. The Morgan fingerprint density at radius 1 is 0.857 bits per heavy atom. The summed E-state index contributed by atoms with van der Waals surface area (Å²) in [7, 11) is -3.57. The molecule has 2 aromatic carbocycles. The molecule has 4 heteroatoms. The van der Waals surface area contributed by atoms with Crippen LogP contribution in [0.5, 0.6) is 0 Å². The average Bonchev–Trinajstić information content (AvgIpc) is 2.60. The van der Waals surface area contributed by atoms with Gasteiger partial charge in [0.2, 0.25) is 0 Å². The van der Waals surface area contributed by atoms with Gasteiger partial charge in [-0.25, -0.2) is 8.42 Å². The zero-order valence-corrected chi connectivity index (χ0v) is 17.6. The lowest BCUT2D eigenvalue weighted by molar-refractivity contribution is -0.00518. The van der Waals surface area contributed by atoms with Crippen molar-refractivity contribution >= 4 is 15.7 Å². The lowest BCUT2D eigenvalue weighted by Gasteiger charge is -2.57. The van der Waals surface area contributed by atoms with Gasteiger partial charge < -0.3 is 0 Å². The van der Waals surface area contributed by atoms with Crippen LogP contribution in [-0.2, 0) is 15.4 Å². The van der Waals surface area contributed by atoms with E-state index in [-0.39, 0.29) is 0 Å². The van der Waals surface area contributed by atoms with Crippen LogP contribution < -0.4 is 4.72 Å². The van der Waals surface area contributed by atoms with Crippen molar-refractivity contribution in [1.82, 2.24) is 0 Å². The lowest BCUT2D eigenvalue weighted by Crippen LogP contribution is -2.48. The molecule has 6 rings (SSSR count). The van der Waals surface area contributed by atoms with Crippen LogP contribution in [0.3, 0.4) is 0 Å². The Bertz CT molecular complexity index is 972. The normalized spacial score (nSPS) is 31.1. The second-order valence-electron chi connectivity index (χ2n) is 9.65. The summed E-state index contributed by atoms with van der Waals surface area (Å²) in [5, 5.41) is 0. The van der Waals surface area contributed by atoms with Gasteiger partial charge in [-0.2, -0.15) is 0 Å². The molecule has 4 saturated carbocycles. The molecule has 4 aliphatic carbocycles.